The Bertz CT molecular complexity index is 1560. The second-order valence-corrected chi connectivity index (χ2v) is 14.0. The molecular weight excluding hydrogens is 597 g/mol. The average Bonchev–Trinajstić information content (AvgIpc) is 3.65. The average molecular weight is 633 g/mol. The number of carbonyl (C=O) groups is 1. The first kappa shape index (κ1) is 31.0. The Morgan fingerprint density at radius 1 is 1.00 bits per heavy atom. The highest BCUT2D eigenvalue weighted by atomic mass is 32.2. The fraction of sp³-hybridized carbons (Fsp3) is 0.485. The minimum atomic E-state index is -6.07. The van der Waals surface area contributed by atoms with Crippen molar-refractivity contribution in [3.05, 3.63) is 95.3 Å². The van der Waals surface area contributed by atoms with Crippen molar-refractivity contribution in [2.45, 2.75) is 57.4 Å². The van der Waals surface area contributed by atoms with E-state index in [1.165, 1.54) is 0 Å². The second-order valence-electron chi connectivity index (χ2n) is 12.5. The van der Waals surface area contributed by atoms with Gasteiger partial charge in [-0.2, -0.15) is 21.6 Å². The molecule has 7 rings (SSSR count). The van der Waals surface area contributed by atoms with Gasteiger partial charge in [-0.05, 0) is 54.1 Å². The van der Waals surface area contributed by atoms with Crippen molar-refractivity contribution in [1.29, 1.82) is 0 Å². The lowest BCUT2D eigenvalue weighted by atomic mass is 9.35. The number of halogens is 3. The third-order valence-electron chi connectivity index (χ3n) is 10.5. The van der Waals surface area contributed by atoms with E-state index in [0.29, 0.717) is 37.9 Å². The Labute approximate surface area is 255 Å². The van der Waals surface area contributed by atoms with Crippen molar-refractivity contribution in [3.8, 4) is 0 Å². The standard InChI is InChI=1S/C33H35F3O7S/c1-22-31(27-15-26(27)20-40-18-23-9-5-3-6-10-23)16-28(42-21-41-19-24-11-7-4-8-12-24)32(22)29(43-44(38,39)33(34,35)36)25(17-37)13-14-30(31,32)2/h3-12,17,26-28H,1,13-16,18-21H2,2H3/t26-,27+,28-,30-,31+,32+/m0/s1. The first-order valence-electron chi connectivity index (χ1n) is 14.7. The lowest BCUT2D eigenvalue weighted by Gasteiger charge is -2.68. The fourth-order valence-electron chi connectivity index (χ4n) is 8.52. The molecule has 2 bridgehead atoms. The molecule has 5 aliphatic carbocycles. The van der Waals surface area contributed by atoms with E-state index in [1.54, 1.807) is 0 Å². The molecule has 0 amide bonds. The van der Waals surface area contributed by atoms with E-state index in [2.05, 4.69) is 6.58 Å². The summed E-state index contributed by atoms with van der Waals surface area (Å²) in [6.07, 6.45) is 1.33. The van der Waals surface area contributed by atoms with Gasteiger partial charge in [-0.3, -0.25) is 4.79 Å². The smallest absolute Gasteiger partial charge is 0.379 e. The maximum atomic E-state index is 13.6. The Hall–Kier alpha value is -2.99. The van der Waals surface area contributed by atoms with Crippen LogP contribution in [0.1, 0.15) is 43.7 Å². The molecule has 5 aliphatic rings. The zero-order chi connectivity index (χ0) is 31.4. The van der Waals surface area contributed by atoms with Crippen molar-refractivity contribution in [2.24, 2.45) is 28.1 Å². The van der Waals surface area contributed by atoms with Crippen LogP contribution in [0.3, 0.4) is 0 Å². The van der Waals surface area contributed by atoms with E-state index >= 15 is 0 Å². The quantitative estimate of drug-likeness (QED) is 0.0625. The number of aldehydes is 1. The first-order chi connectivity index (χ1) is 20.9. The van der Waals surface area contributed by atoms with Gasteiger partial charge < -0.3 is 18.4 Å². The Morgan fingerprint density at radius 3 is 2.20 bits per heavy atom. The molecule has 2 aromatic rings. The van der Waals surface area contributed by atoms with Crippen molar-refractivity contribution >= 4 is 16.4 Å². The van der Waals surface area contributed by atoms with Crippen molar-refractivity contribution < 1.29 is 44.8 Å². The number of allylic oxidation sites excluding steroid dienone is 1. The normalized spacial score (nSPS) is 32.6. The SMILES string of the molecule is C=C1[C@@]23C(OS(=O)(=O)C(F)(F)F)=C(C=O)CC[C@@]2(C)[C@]1([C@@H]1C[C@H]1COCc1ccccc1)C[C@@H]3OCOCc1ccccc1. The molecule has 44 heavy (non-hydrogen) atoms. The summed E-state index contributed by atoms with van der Waals surface area (Å²) >= 11 is 0. The lowest BCUT2D eigenvalue weighted by Crippen LogP contribution is -2.65. The Morgan fingerprint density at radius 2 is 1.61 bits per heavy atom. The maximum Gasteiger partial charge on any atom is 0.534 e. The molecule has 0 unspecified atom stereocenters. The summed E-state index contributed by atoms with van der Waals surface area (Å²) in [6.45, 7) is 7.34. The van der Waals surface area contributed by atoms with Crippen LogP contribution in [0.25, 0.3) is 0 Å². The third-order valence-corrected chi connectivity index (χ3v) is 11.4. The number of ether oxygens (including phenoxy) is 3. The number of rotatable bonds is 13. The minimum Gasteiger partial charge on any atom is -0.379 e. The molecule has 236 valence electrons. The molecule has 11 heteroatoms. The molecule has 4 fully saturated rings. The Balaban J connectivity index is 1.28. The zero-order valence-electron chi connectivity index (χ0n) is 24.3. The first-order valence-corrected chi connectivity index (χ1v) is 16.1. The largest absolute Gasteiger partial charge is 0.534 e. The highest BCUT2D eigenvalue weighted by Gasteiger charge is 2.88. The highest BCUT2D eigenvalue weighted by Crippen LogP contribution is 2.90. The second kappa shape index (κ2) is 11.1. The summed E-state index contributed by atoms with van der Waals surface area (Å²) < 4.78 is 88.5. The lowest BCUT2D eigenvalue weighted by molar-refractivity contribution is -0.159. The summed E-state index contributed by atoms with van der Waals surface area (Å²) in [4.78, 5) is 12.2. The topological polar surface area (TPSA) is 88.1 Å². The number of carbonyl (C=O) groups excluding carboxylic acids is 1. The van der Waals surface area contributed by atoms with Crippen molar-refractivity contribution in [3.63, 3.8) is 0 Å². The predicted octanol–water partition coefficient (Wildman–Crippen LogP) is 6.46. The number of hydrogen-bond donors (Lipinski definition) is 0. The monoisotopic (exact) mass is 632 g/mol. The highest BCUT2D eigenvalue weighted by molar-refractivity contribution is 7.87. The van der Waals surface area contributed by atoms with Crippen LogP contribution in [0, 0.1) is 28.1 Å². The summed E-state index contributed by atoms with van der Waals surface area (Å²) in [5.41, 5.74) is -6.02. The van der Waals surface area contributed by atoms with Gasteiger partial charge in [0, 0.05) is 11.0 Å². The van der Waals surface area contributed by atoms with Gasteiger partial charge >= 0.3 is 15.6 Å². The van der Waals surface area contributed by atoms with Gasteiger partial charge in [0.1, 0.15) is 18.8 Å². The molecule has 0 saturated heterocycles. The zero-order valence-corrected chi connectivity index (χ0v) is 25.2. The number of fused-ring (bicyclic) bond motifs is 1. The summed E-state index contributed by atoms with van der Waals surface area (Å²) in [6, 6.07) is 19.2. The molecule has 0 aliphatic heterocycles. The molecule has 2 aromatic carbocycles. The Kier molecular flexibility index (Phi) is 7.83. The maximum absolute atomic E-state index is 13.6. The molecule has 4 saturated carbocycles. The van der Waals surface area contributed by atoms with Gasteiger partial charge in [-0.25, -0.2) is 0 Å². The van der Waals surface area contributed by atoms with E-state index in [-0.39, 0.29) is 37.2 Å². The predicted molar refractivity (Wildman–Crippen MR) is 154 cm³/mol. The van der Waals surface area contributed by atoms with Crippen LogP contribution >= 0.6 is 0 Å². The number of hydrogen-bond acceptors (Lipinski definition) is 7. The van der Waals surface area contributed by atoms with E-state index < -0.39 is 43.7 Å². The minimum absolute atomic E-state index is 0.0820. The molecule has 0 N–H and O–H groups in total. The molecule has 0 heterocycles. The summed E-state index contributed by atoms with van der Waals surface area (Å²) in [7, 11) is -6.07. The van der Waals surface area contributed by atoms with Gasteiger partial charge in [-0.1, -0.05) is 79.7 Å². The van der Waals surface area contributed by atoms with Gasteiger partial charge in [0.15, 0.2) is 0 Å². The summed E-state index contributed by atoms with van der Waals surface area (Å²) in [5, 5.41) is 0. The van der Waals surface area contributed by atoms with Crippen LogP contribution in [-0.2, 0) is 46.5 Å². The molecule has 0 aromatic heterocycles. The van der Waals surface area contributed by atoms with E-state index in [9.17, 15) is 26.4 Å². The van der Waals surface area contributed by atoms with Crippen LogP contribution in [-0.4, -0.2) is 39.7 Å². The van der Waals surface area contributed by atoms with Gasteiger partial charge in [0.2, 0.25) is 0 Å². The molecule has 6 atom stereocenters. The molecule has 7 nitrogen and oxygen atoms in total. The van der Waals surface area contributed by atoms with Crippen LogP contribution in [0.5, 0.6) is 0 Å². The molecular formula is C33H35F3O7S. The van der Waals surface area contributed by atoms with Crippen LogP contribution in [0.4, 0.5) is 13.2 Å². The summed E-state index contributed by atoms with van der Waals surface area (Å²) in [5.74, 6) is -0.207. The fourth-order valence-corrected chi connectivity index (χ4v) is 9.07. The number of benzene rings is 2. The van der Waals surface area contributed by atoms with Crippen molar-refractivity contribution in [2.75, 3.05) is 13.4 Å². The van der Waals surface area contributed by atoms with E-state index in [1.807, 2.05) is 67.6 Å². The van der Waals surface area contributed by atoms with Gasteiger partial charge in [0.05, 0.1) is 31.3 Å². The van der Waals surface area contributed by atoms with E-state index in [0.717, 1.165) is 17.5 Å². The molecule has 1 spiro atoms. The van der Waals surface area contributed by atoms with Crippen LogP contribution < -0.4 is 0 Å². The van der Waals surface area contributed by atoms with Crippen LogP contribution in [0.2, 0.25) is 0 Å². The van der Waals surface area contributed by atoms with Crippen molar-refractivity contribution in [1.82, 2.24) is 0 Å². The van der Waals surface area contributed by atoms with Crippen LogP contribution in [0.15, 0.2) is 84.1 Å². The third kappa shape index (κ3) is 4.57. The van der Waals surface area contributed by atoms with E-state index in [4.69, 9.17) is 18.4 Å². The van der Waals surface area contributed by atoms with Gasteiger partial charge in [-0.15, -0.1) is 0 Å². The molecule has 0 radical (unpaired) electrons. The van der Waals surface area contributed by atoms with Gasteiger partial charge in [0.25, 0.3) is 0 Å². The number of alkyl halides is 3.